The molecule has 1 rings (SSSR count). The van der Waals surface area contributed by atoms with E-state index < -0.39 is 0 Å². The second-order valence-corrected chi connectivity index (χ2v) is 7.02. The molecule has 23 heavy (non-hydrogen) atoms. The van der Waals surface area contributed by atoms with E-state index in [-0.39, 0.29) is 24.0 Å². The van der Waals surface area contributed by atoms with Crippen molar-refractivity contribution < 1.29 is 0 Å². The number of aliphatic imine (C=N–C) groups is 1. The number of nitrogens with zero attached hydrogens (tertiary/aromatic N) is 2. The van der Waals surface area contributed by atoms with Gasteiger partial charge in [0, 0.05) is 37.6 Å². The quantitative estimate of drug-likeness (QED) is 0.343. The Morgan fingerprint density at radius 1 is 1.30 bits per heavy atom. The maximum absolute atomic E-state index is 4.30. The van der Waals surface area contributed by atoms with Crippen molar-refractivity contribution in [1.82, 2.24) is 15.5 Å². The summed E-state index contributed by atoms with van der Waals surface area (Å²) in [5.41, 5.74) is 0. The zero-order chi connectivity index (χ0) is 16.4. The summed E-state index contributed by atoms with van der Waals surface area (Å²) in [6.45, 7) is 13.0. The maximum atomic E-state index is 4.30. The first-order valence-corrected chi connectivity index (χ1v) is 9.15. The molecule has 0 saturated carbocycles. The van der Waals surface area contributed by atoms with Crippen molar-refractivity contribution in [2.45, 2.75) is 40.2 Å². The van der Waals surface area contributed by atoms with Crippen LogP contribution in [0.1, 0.15) is 32.6 Å². The highest BCUT2D eigenvalue weighted by Crippen LogP contribution is 2.13. The SMILES string of the molecule is CCN(CCNC(=NC)NCC(C)Cc1cccs1)C(C)C.I. The van der Waals surface area contributed by atoms with Crippen LogP contribution in [0.4, 0.5) is 0 Å². The lowest BCUT2D eigenvalue weighted by atomic mass is 10.1. The minimum Gasteiger partial charge on any atom is -0.356 e. The molecule has 0 saturated heterocycles. The van der Waals surface area contributed by atoms with Gasteiger partial charge in [0.15, 0.2) is 5.96 Å². The summed E-state index contributed by atoms with van der Waals surface area (Å²) in [5.74, 6) is 1.50. The van der Waals surface area contributed by atoms with Crippen LogP contribution in [0, 0.1) is 5.92 Å². The molecule has 0 spiro atoms. The second-order valence-electron chi connectivity index (χ2n) is 5.99. The summed E-state index contributed by atoms with van der Waals surface area (Å²) in [5, 5.41) is 8.97. The predicted molar refractivity (Wildman–Crippen MR) is 114 cm³/mol. The van der Waals surface area contributed by atoms with Crippen LogP contribution in [0.3, 0.4) is 0 Å². The standard InChI is InChI=1S/C17H32N4S.HI/c1-6-21(14(2)3)10-9-19-17(18-5)20-13-15(4)12-16-8-7-11-22-16;/h7-8,11,14-15H,6,9-10,12-13H2,1-5H3,(H2,18,19,20);1H. The van der Waals surface area contributed by atoms with Crippen LogP contribution in [0.15, 0.2) is 22.5 Å². The van der Waals surface area contributed by atoms with Crippen LogP contribution in [0.25, 0.3) is 0 Å². The molecule has 0 aliphatic carbocycles. The summed E-state index contributed by atoms with van der Waals surface area (Å²) in [6, 6.07) is 4.92. The van der Waals surface area contributed by atoms with Gasteiger partial charge in [0.05, 0.1) is 0 Å². The van der Waals surface area contributed by atoms with Crippen molar-refractivity contribution in [2.24, 2.45) is 10.9 Å². The van der Waals surface area contributed by atoms with Gasteiger partial charge >= 0.3 is 0 Å². The van der Waals surface area contributed by atoms with Gasteiger partial charge in [0.1, 0.15) is 0 Å². The molecule has 2 N–H and O–H groups in total. The lowest BCUT2D eigenvalue weighted by Gasteiger charge is -2.25. The number of halogens is 1. The molecule has 0 aliphatic heterocycles. The van der Waals surface area contributed by atoms with E-state index in [1.165, 1.54) is 4.88 Å². The van der Waals surface area contributed by atoms with Gasteiger partial charge in [0.2, 0.25) is 0 Å². The molecular formula is C17H33IN4S. The third kappa shape index (κ3) is 9.52. The molecule has 1 aromatic heterocycles. The molecule has 0 bridgehead atoms. The molecule has 1 unspecified atom stereocenters. The highest BCUT2D eigenvalue weighted by atomic mass is 127. The normalized spacial score (nSPS) is 13.1. The van der Waals surface area contributed by atoms with Gasteiger partial charge in [-0.25, -0.2) is 0 Å². The summed E-state index contributed by atoms with van der Waals surface area (Å²) in [7, 11) is 1.83. The third-order valence-corrected chi connectivity index (χ3v) is 4.70. The van der Waals surface area contributed by atoms with Crippen molar-refractivity contribution >= 4 is 41.3 Å². The molecule has 0 radical (unpaired) electrons. The third-order valence-electron chi connectivity index (χ3n) is 3.80. The minimum absolute atomic E-state index is 0. The zero-order valence-electron chi connectivity index (χ0n) is 15.1. The number of nitrogens with one attached hydrogen (secondary N) is 2. The lowest BCUT2D eigenvalue weighted by Crippen LogP contribution is -2.44. The van der Waals surface area contributed by atoms with E-state index in [1.807, 2.05) is 18.4 Å². The van der Waals surface area contributed by atoms with Crippen LogP contribution in [0.5, 0.6) is 0 Å². The van der Waals surface area contributed by atoms with Gasteiger partial charge in [-0.3, -0.25) is 9.89 Å². The van der Waals surface area contributed by atoms with Crippen LogP contribution >= 0.6 is 35.3 Å². The molecular weight excluding hydrogens is 419 g/mol. The van der Waals surface area contributed by atoms with Gasteiger partial charge in [-0.1, -0.05) is 19.9 Å². The molecule has 4 nitrogen and oxygen atoms in total. The highest BCUT2D eigenvalue weighted by molar-refractivity contribution is 14.0. The molecule has 0 aliphatic rings. The van der Waals surface area contributed by atoms with Gasteiger partial charge in [-0.2, -0.15) is 0 Å². The molecule has 1 heterocycles. The van der Waals surface area contributed by atoms with E-state index in [0.29, 0.717) is 12.0 Å². The Morgan fingerprint density at radius 3 is 2.57 bits per heavy atom. The Bertz CT molecular complexity index is 420. The van der Waals surface area contributed by atoms with Crippen molar-refractivity contribution in [2.75, 3.05) is 33.2 Å². The number of likely N-dealkylation sites (N-methyl/N-ethyl adjacent to an activating group) is 1. The molecule has 134 valence electrons. The monoisotopic (exact) mass is 452 g/mol. The van der Waals surface area contributed by atoms with E-state index in [1.54, 1.807) is 0 Å². The average molecular weight is 452 g/mol. The zero-order valence-corrected chi connectivity index (χ0v) is 18.3. The lowest BCUT2D eigenvalue weighted by molar-refractivity contribution is 0.237. The van der Waals surface area contributed by atoms with Crippen molar-refractivity contribution in [3.8, 4) is 0 Å². The highest BCUT2D eigenvalue weighted by Gasteiger charge is 2.08. The van der Waals surface area contributed by atoms with Gasteiger partial charge in [-0.05, 0) is 44.2 Å². The van der Waals surface area contributed by atoms with Crippen LogP contribution in [-0.4, -0.2) is 50.1 Å². The molecule has 1 aromatic rings. The van der Waals surface area contributed by atoms with Crippen molar-refractivity contribution in [3.05, 3.63) is 22.4 Å². The fourth-order valence-electron chi connectivity index (χ4n) is 2.44. The maximum Gasteiger partial charge on any atom is 0.191 e. The van der Waals surface area contributed by atoms with Crippen LogP contribution in [-0.2, 0) is 6.42 Å². The van der Waals surface area contributed by atoms with Gasteiger partial charge < -0.3 is 10.6 Å². The second kappa shape index (κ2) is 13.0. The molecule has 6 heteroatoms. The number of rotatable bonds is 9. The average Bonchev–Trinajstić information content (AvgIpc) is 2.99. The Balaban J connectivity index is 0.00000484. The van der Waals surface area contributed by atoms with E-state index >= 15 is 0 Å². The van der Waals surface area contributed by atoms with Gasteiger partial charge in [-0.15, -0.1) is 35.3 Å². The Kier molecular flexibility index (Phi) is 12.8. The number of guanidine groups is 1. The van der Waals surface area contributed by atoms with E-state index in [0.717, 1.165) is 38.6 Å². The first-order valence-electron chi connectivity index (χ1n) is 8.27. The number of hydrogen-bond acceptors (Lipinski definition) is 3. The fourth-order valence-corrected chi connectivity index (χ4v) is 3.31. The minimum atomic E-state index is 0. The first-order chi connectivity index (χ1) is 10.6. The van der Waals surface area contributed by atoms with Gasteiger partial charge in [0.25, 0.3) is 0 Å². The number of thiophene rings is 1. The van der Waals surface area contributed by atoms with Crippen molar-refractivity contribution in [1.29, 1.82) is 0 Å². The van der Waals surface area contributed by atoms with E-state index in [9.17, 15) is 0 Å². The molecule has 0 aromatic carbocycles. The Hall–Kier alpha value is -0.340. The summed E-state index contributed by atoms with van der Waals surface area (Å²) < 4.78 is 0. The van der Waals surface area contributed by atoms with E-state index in [4.69, 9.17) is 0 Å². The summed E-state index contributed by atoms with van der Waals surface area (Å²) >= 11 is 1.83. The predicted octanol–water partition coefficient (Wildman–Crippen LogP) is 3.44. The van der Waals surface area contributed by atoms with Crippen molar-refractivity contribution in [3.63, 3.8) is 0 Å². The van der Waals surface area contributed by atoms with Crippen LogP contribution < -0.4 is 10.6 Å². The topological polar surface area (TPSA) is 39.7 Å². The Morgan fingerprint density at radius 2 is 2.04 bits per heavy atom. The number of hydrogen-bond donors (Lipinski definition) is 2. The van der Waals surface area contributed by atoms with Crippen LogP contribution in [0.2, 0.25) is 0 Å². The smallest absolute Gasteiger partial charge is 0.191 e. The first kappa shape index (κ1) is 22.7. The molecule has 0 amide bonds. The largest absolute Gasteiger partial charge is 0.356 e. The fraction of sp³-hybridized carbons (Fsp3) is 0.706. The summed E-state index contributed by atoms with van der Waals surface area (Å²) in [6.07, 6.45) is 1.12. The van der Waals surface area contributed by atoms with E-state index in [2.05, 4.69) is 65.7 Å². The Labute approximate surface area is 163 Å². The molecule has 0 fully saturated rings. The molecule has 1 atom stereocenters. The summed E-state index contributed by atoms with van der Waals surface area (Å²) in [4.78, 5) is 8.20.